The molecule has 5 rings (SSSR count). The van der Waals surface area contributed by atoms with Crippen molar-refractivity contribution in [3.05, 3.63) is 95.1 Å². The van der Waals surface area contributed by atoms with E-state index in [4.69, 9.17) is 11.6 Å². The second-order valence-corrected chi connectivity index (χ2v) is 9.32. The minimum absolute atomic E-state index is 0.00767. The molecular weight excluding hydrogens is 450 g/mol. The van der Waals surface area contributed by atoms with Crippen LogP contribution in [0.3, 0.4) is 0 Å². The molecule has 0 saturated carbocycles. The summed E-state index contributed by atoms with van der Waals surface area (Å²) in [5.41, 5.74) is 1.62. The van der Waals surface area contributed by atoms with Gasteiger partial charge in [-0.1, -0.05) is 17.7 Å². The predicted molar refractivity (Wildman–Crippen MR) is 122 cm³/mol. The van der Waals surface area contributed by atoms with Crippen molar-refractivity contribution in [1.82, 2.24) is 4.98 Å². The van der Waals surface area contributed by atoms with Crippen LogP contribution in [0, 0.1) is 0 Å². The molecule has 158 valence electrons. The fraction of sp³-hybridized carbons (Fsp3) is 0. The highest BCUT2D eigenvalue weighted by molar-refractivity contribution is 7.94. The van der Waals surface area contributed by atoms with Crippen LogP contribution in [0.5, 0.6) is 0 Å². The summed E-state index contributed by atoms with van der Waals surface area (Å²) < 4.78 is 26.9. The lowest BCUT2D eigenvalue weighted by molar-refractivity contribution is 0.100. The topological polar surface area (TPSA) is 96.4 Å². The van der Waals surface area contributed by atoms with E-state index in [0.29, 0.717) is 15.0 Å². The summed E-state index contributed by atoms with van der Waals surface area (Å²) in [6.45, 7) is 0. The third-order valence-corrected chi connectivity index (χ3v) is 7.10. The van der Waals surface area contributed by atoms with Crippen molar-refractivity contribution in [2.24, 2.45) is 0 Å². The molecule has 1 aliphatic rings. The van der Waals surface area contributed by atoms with E-state index >= 15 is 0 Å². The summed E-state index contributed by atoms with van der Waals surface area (Å²) in [5.74, 6) is -1.18. The lowest BCUT2D eigenvalue weighted by Crippen LogP contribution is -2.29. The molecule has 0 spiro atoms. The zero-order valence-corrected chi connectivity index (χ0v) is 17.9. The molecule has 0 saturated heterocycles. The fourth-order valence-electron chi connectivity index (χ4n) is 3.56. The molecule has 9 heteroatoms. The fourth-order valence-corrected chi connectivity index (χ4v) is 5.31. The quantitative estimate of drug-likeness (QED) is 0.483. The summed E-state index contributed by atoms with van der Waals surface area (Å²) in [6, 6.07) is 18.8. The Bertz CT molecular complexity index is 1520. The number of carbonyl (C=O) groups is 2. The first-order chi connectivity index (χ1) is 15.3. The molecule has 1 aliphatic heterocycles. The molecule has 0 aliphatic carbocycles. The van der Waals surface area contributed by atoms with Crippen LogP contribution in [-0.4, -0.2) is 25.2 Å². The summed E-state index contributed by atoms with van der Waals surface area (Å²) in [5, 5.41) is 4.02. The second-order valence-electron chi connectivity index (χ2n) is 7.13. The number of halogens is 1. The van der Waals surface area contributed by atoms with Crippen LogP contribution >= 0.6 is 11.6 Å². The molecule has 0 unspecified atom stereocenters. The van der Waals surface area contributed by atoms with Gasteiger partial charge in [0.15, 0.2) is 0 Å². The summed E-state index contributed by atoms with van der Waals surface area (Å²) >= 11 is 5.87. The maximum Gasteiger partial charge on any atom is 0.273 e. The molecule has 0 fully saturated rings. The van der Waals surface area contributed by atoms with Crippen LogP contribution in [-0.2, 0) is 10.0 Å². The number of rotatable bonds is 3. The number of hydrogen-bond acceptors (Lipinski definition) is 5. The third kappa shape index (κ3) is 3.30. The molecule has 2 heterocycles. The van der Waals surface area contributed by atoms with Crippen LogP contribution in [0.25, 0.3) is 10.9 Å². The number of nitrogens with zero attached hydrogens (tertiary/aromatic N) is 2. The van der Waals surface area contributed by atoms with E-state index < -0.39 is 21.8 Å². The molecule has 2 amide bonds. The SMILES string of the molecule is O=C(Nc1ccc2ncccc2c1)c1ccc2c(c1)S(=O)(=O)N(c1ccc(Cl)cc1)C2=O. The Morgan fingerprint density at radius 3 is 2.53 bits per heavy atom. The molecular formula is C23H14ClN3O4S. The number of sulfonamides is 1. The molecule has 0 atom stereocenters. The maximum atomic E-state index is 13.1. The van der Waals surface area contributed by atoms with Gasteiger partial charge in [0.2, 0.25) is 0 Å². The Morgan fingerprint density at radius 1 is 0.969 bits per heavy atom. The van der Waals surface area contributed by atoms with Gasteiger partial charge in [-0.15, -0.1) is 0 Å². The number of anilines is 2. The van der Waals surface area contributed by atoms with Crippen molar-refractivity contribution in [2.75, 3.05) is 9.62 Å². The third-order valence-electron chi connectivity index (χ3n) is 5.10. The van der Waals surface area contributed by atoms with Gasteiger partial charge in [0, 0.05) is 27.9 Å². The molecule has 3 aromatic carbocycles. The Labute approximate surface area is 188 Å². The highest BCUT2D eigenvalue weighted by atomic mass is 35.5. The number of amides is 2. The van der Waals surface area contributed by atoms with Gasteiger partial charge in [0.1, 0.15) is 4.90 Å². The first-order valence-electron chi connectivity index (χ1n) is 9.50. The predicted octanol–water partition coefficient (Wildman–Crippen LogP) is 4.49. The molecule has 32 heavy (non-hydrogen) atoms. The number of aromatic nitrogens is 1. The lowest BCUT2D eigenvalue weighted by Gasteiger charge is -2.14. The second kappa shape index (κ2) is 7.44. The molecule has 1 aromatic heterocycles. The minimum atomic E-state index is -4.17. The van der Waals surface area contributed by atoms with Crippen molar-refractivity contribution >= 4 is 55.7 Å². The van der Waals surface area contributed by atoms with Gasteiger partial charge in [-0.2, -0.15) is 4.31 Å². The van der Waals surface area contributed by atoms with E-state index in [1.165, 1.54) is 42.5 Å². The van der Waals surface area contributed by atoms with Gasteiger partial charge in [0.25, 0.3) is 21.8 Å². The van der Waals surface area contributed by atoms with Gasteiger partial charge < -0.3 is 5.32 Å². The molecule has 7 nitrogen and oxygen atoms in total. The average Bonchev–Trinajstić information content (AvgIpc) is 2.99. The number of pyridine rings is 1. The molecule has 1 N–H and O–H groups in total. The molecule has 0 radical (unpaired) electrons. The highest BCUT2D eigenvalue weighted by Gasteiger charge is 2.42. The van der Waals surface area contributed by atoms with Crippen molar-refractivity contribution in [1.29, 1.82) is 0 Å². The minimum Gasteiger partial charge on any atom is -0.322 e. The normalized spacial score (nSPS) is 14.4. The summed E-state index contributed by atoms with van der Waals surface area (Å²) in [4.78, 5) is 29.6. The summed E-state index contributed by atoms with van der Waals surface area (Å²) in [6.07, 6.45) is 1.68. The Hall–Kier alpha value is -3.75. The number of hydrogen-bond donors (Lipinski definition) is 1. The van der Waals surface area contributed by atoms with Gasteiger partial charge >= 0.3 is 0 Å². The zero-order valence-electron chi connectivity index (χ0n) is 16.3. The van der Waals surface area contributed by atoms with E-state index in [9.17, 15) is 18.0 Å². The average molecular weight is 464 g/mol. The molecule has 0 bridgehead atoms. The van der Waals surface area contributed by atoms with Gasteiger partial charge in [-0.25, -0.2) is 8.42 Å². The zero-order chi connectivity index (χ0) is 22.5. The van der Waals surface area contributed by atoms with Crippen molar-refractivity contribution in [2.45, 2.75) is 4.90 Å². The van der Waals surface area contributed by atoms with Crippen molar-refractivity contribution < 1.29 is 18.0 Å². The van der Waals surface area contributed by atoms with Gasteiger partial charge in [-0.3, -0.25) is 14.6 Å². The Morgan fingerprint density at radius 2 is 1.75 bits per heavy atom. The maximum absolute atomic E-state index is 13.1. The number of benzene rings is 3. The van der Waals surface area contributed by atoms with E-state index in [1.54, 1.807) is 30.5 Å². The summed E-state index contributed by atoms with van der Waals surface area (Å²) in [7, 11) is -4.17. The van der Waals surface area contributed by atoms with E-state index in [-0.39, 0.29) is 21.7 Å². The monoisotopic (exact) mass is 463 g/mol. The lowest BCUT2D eigenvalue weighted by atomic mass is 10.1. The Balaban J connectivity index is 1.47. The van der Waals surface area contributed by atoms with Crippen LogP contribution in [0.15, 0.2) is 83.9 Å². The van der Waals surface area contributed by atoms with Gasteiger partial charge in [0.05, 0.1) is 16.8 Å². The van der Waals surface area contributed by atoms with E-state index in [0.717, 1.165) is 10.9 Å². The Kier molecular flexibility index (Phi) is 4.69. The van der Waals surface area contributed by atoms with E-state index in [1.807, 2.05) is 6.07 Å². The number of nitrogens with one attached hydrogen (secondary N) is 1. The van der Waals surface area contributed by atoms with Crippen molar-refractivity contribution in [3.63, 3.8) is 0 Å². The number of fused-ring (bicyclic) bond motifs is 2. The first-order valence-corrected chi connectivity index (χ1v) is 11.3. The van der Waals surface area contributed by atoms with Crippen LogP contribution in [0.4, 0.5) is 11.4 Å². The number of carbonyl (C=O) groups excluding carboxylic acids is 2. The van der Waals surface area contributed by atoms with Gasteiger partial charge in [-0.05, 0) is 66.7 Å². The smallest absolute Gasteiger partial charge is 0.273 e. The largest absolute Gasteiger partial charge is 0.322 e. The first kappa shape index (κ1) is 20.2. The van der Waals surface area contributed by atoms with Crippen LogP contribution < -0.4 is 9.62 Å². The van der Waals surface area contributed by atoms with Crippen LogP contribution in [0.1, 0.15) is 20.7 Å². The standard InChI is InChI=1S/C23H14ClN3O4S/c24-16-4-7-18(8-5-16)27-23(29)19-9-3-15(13-21(19)32(27,30)31)22(28)26-17-6-10-20-14(12-17)2-1-11-25-20/h1-13H,(H,26,28). The molecule has 4 aromatic rings. The van der Waals surface area contributed by atoms with Crippen LogP contribution in [0.2, 0.25) is 5.02 Å². The van der Waals surface area contributed by atoms with Crippen molar-refractivity contribution in [3.8, 4) is 0 Å². The van der Waals surface area contributed by atoms with E-state index in [2.05, 4.69) is 10.3 Å². The highest BCUT2D eigenvalue weighted by Crippen LogP contribution is 2.35.